The summed E-state index contributed by atoms with van der Waals surface area (Å²) < 4.78 is 43.1. The van der Waals surface area contributed by atoms with Gasteiger partial charge >= 0.3 is 0 Å². The van der Waals surface area contributed by atoms with Crippen molar-refractivity contribution in [3.63, 3.8) is 0 Å². The second-order valence-electron chi connectivity index (χ2n) is 12.2. The van der Waals surface area contributed by atoms with Crippen molar-refractivity contribution in [2.75, 3.05) is 11.6 Å². The van der Waals surface area contributed by atoms with E-state index in [4.69, 9.17) is 16.6 Å². The molecular formula is C30H33ClFN7O4S. The molecule has 14 heteroatoms. The molecule has 1 aromatic carbocycles. The van der Waals surface area contributed by atoms with Crippen molar-refractivity contribution in [1.29, 1.82) is 0 Å². The molecule has 0 radical (unpaired) electrons. The highest BCUT2D eigenvalue weighted by molar-refractivity contribution is 7.89. The molecule has 232 valence electrons. The molecule has 4 aromatic rings. The van der Waals surface area contributed by atoms with Crippen LogP contribution in [0.15, 0.2) is 35.3 Å². The van der Waals surface area contributed by atoms with Gasteiger partial charge in [0.1, 0.15) is 16.7 Å². The van der Waals surface area contributed by atoms with Crippen LogP contribution < -0.4 is 15.6 Å². The van der Waals surface area contributed by atoms with E-state index in [1.165, 1.54) is 16.9 Å². The van der Waals surface area contributed by atoms with E-state index < -0.39 is 22.0 Å². The van der Waals surface area contributed by atoms with Crippen molar-refractivity contribution >= 4 is 44.1 Å². The van der Waals surface area contributed by atoms with Crippen LogP contribution in [0.4, 0.5) is 10.1 Å². The Hall–Kier alpha value is -3.84. The van der Waals surface area contributed by atoms with Gasteiger partial charge in [0, 0.05) is 31.5 Å². The van der Waals surface area contributed by atoms with E-state index in [9.17, 15) is 22.4 Å². The monoisotopic (exact) mass is 641 g/mol. The molecule has 2 N–H and O–H groups in total. The van der Waals surface area contributed by atoms with Gasteiger partial charge in [-0.3, -0.25) is 18.8 Å². The predicted octanol–water partition coefficient (Wildman–Crippen LogP) is 4.32. The average molecular weight is 642 g/mol. The quantitative estimate of drug-likeness (QED) is 0.284. The van der Waals surface area contributed by atoms with Crippen molar-refractivity contribution in [2.24, 2.45) is 25.9 Å². The first kappa shape index (κ1) is 30.2. The maximum absolute atomic E-state index is 14.6. The van der Waals surface area contributed by atoms with Crippen LogP contribution in [-0.2, 0) is 24.1 Å². The third-order valence-electron chi connectivity index (χ3n) is 8.93. The maximum atomic E-state index is 14.6. The van der Waals surface area contributed by atoms with Crippen molar-refractivity contribution in [3.8, 4) is 0 Å². The molecule has 1 amide bonds. The minimum atomic E-state index is -3.84. The second kappa shape index (κ2) is 11.0. The predicted molar refractivity (Wildman–Crippen MR) is 165 cm³/mol. The SMILES string of the molecule is Cc1cc([C@@H](C)Nc2ccc(Cl)nc2C(=O)NS(C)(=O)=O)c2nc(C3C[C@H]4C[C@@H]3C[C@@H]4c3nn(C)cc3F)n(C)c(=O)c2c1. The van der Waals surface area contributed by atoms with E-state index >= 15 is 0 Å². The lowest BCUT2D eigenvalue weighted by Crippen LogP contribution is -2.31. The van der Waals surface area contributed by atoms with Gasteiger partial charge in [0.2, 0.25) is 10.0 Å². The van der Waals surface area contributed by atoms with Gasteiger partial charge in [0.05, 0.1) is 35.1 Å². The summed E-state index contributed by atoms with van der Waals surface area (Å²) in [6.45, 7) is 3.76. The van der Waals surface area contributed by atoms with Gasteiger partial charge in [-0.2, -0.15) is 5.10 Å². The normalized spacial score (nSPS) is 22.0. The number of aryl methyl sites for hydroxylation is 2. The van der Waals surface area contributed by atoms with Gasteiger partial charge in [-0.05, 0) is 68.7 Å². The van der Waals surface area contributed by atoms with E-state index in [0.717, 1.165) is 36.6 Å². The molecule has 2 aliphatic carbocycles. The van der Waals surface area contributed by atoms with Crippen molar-refractivity contribution < 1.29 is 17.6 Å². The van der Waals surface area contributed by atoms with Crippen LogP contribution in [0.1, 0.15) is 77.2 Å². The molecule has 2 bridgehead atoms. The van der Waals surface area contributed by atoms with Gasteiger partial charge in [0.15, 0.2) is 11.5 Å². The highest BCUT2D eigenvalue weighted by atomic mass is 35.5. The standard InChI is InChI=1S/C30H33ClFN7O4S/c1-14-8-18(15(2)33-23-6-7-24(31)34-27(23)29(40)37-44(5,42)43)25-21(9-14)30(41)39(4)28(35-25)20-12-16-10-17(20)11-19(16)26-22(32)13-38(3)36-26/h6-9,13,15-17,19-20,33H,10-12H2,1-5H3,(H,37,40)/t15-,16-,17-,19+,20?/m1/s1. The number of carbonyl (C=O) groups excluding carboxylic acids is 1. The number of hydrogen-bond acceptors (Lipinski definition) is 8. The summed E-state index contributed by atoms with van der Waals surface area (Å²) in [6.07, 6.45) is 4.80. The molecule has 2 fully saturated rings. The number of halogens is 2. The largest absolute Gasteiger partial charge is 0.377 e. The Labute approximate surface area is 258 Å². The Bertz CT molecular complexity index is 1990. The number of nitrogens with zero attached hydrogens (tertiary/aromatic N) is 5. The third-order valence-corrected chi connectivity index (χ3v) is 9.70. The number of fused-ring (bicyclic) bond motifs is 3. The first-order valence-corrected chi connectivity index (χ1v) is 16.6. The summed E-state index contributed by atoms with van der Waals surface area (Å²) in [5, 5.41) is 8.14. The number of anilines is 1. The summed E-state index contributed by atoms with van der Waals surface area (Å²) in [4.78, 5) is 35.7. The fourth-order valence-corrected chi connectivity index (χ4v) is 7.72. The van der Waals surface area contributed by atoms with Crippen LogP contribution >= 0.6 is 11.6 Å². The summed E-state index contributed by atoms with van der Waals surface area (Å²) in [5.41, 5.74) is 2.60. The van der Waals surface area contributed by atoms with Gasteiger partial charge < -0.3 is 5.32 Å². The molecule has 3 aromatic heterocycles. The van der Waals surface area contributed by atoms with Gasteiger partial charge in [-0.1, -0.05) is 17.7 Å². The van der Waals surface area contributed by atoms with E-state index in [1.807, 2.05) is 30.7 Å². The fourth-order valence-electron chi connectivity index (χ4n) is 7.14. The molecule has 3 heterocycles. The lowest BCUT2D eigenvalue weighted by Gasteiger charge is -2.28. The molecule has 44 heavy (non-hydrogen) atoms. The molecular weight excluding hydrogens is 609 g/mol. The molecule has 2 saturated carbocycles. The number of amides is 1. The Balaban J connectivity index is 1.35. The van der Waals surface area contributed by atoms with Crippen LogP contribution in [0, 0.1) is 24.6 Å². The summed E-state index contributed by atoms with van der Waals surface area (Å²) in [6, 6.07) is 6.34. The third kappa shape index (κ3) is 5.47. The second-order valence-corrected chi connectivity index (χ2v) is 14.3. The van der Waals surface area contributed by atoms with E-state index in [2.05, 4.69) is 15.4 Å². The Morgan fingerprint density at radius 1 is 1.11 bits per heavy atom. The zero-order valence-corrected chi connectivity index (χ0v) is 26.5. The maximum Gasteiger partial charge on any atom is 0.285 e. The number of pyridine rings is 1. The zero-order chi connectivity index (χ0) is 31.7. The lowest BCUT2D eigenvalue weighted by atomic mass is 9.80. The van der Waals surface area contributed by atoms with Crippen LogP contribution in [-0.4, -0.2) is 44.9 Å². The van der Waals surface area contributed by atoms with Crippen LogP contribution in [0.3, 0.4) is 0 Å². The van der Waals surface area contributed by atoms with E-state index in [0.29, 0.717) is 22.4 Å². The number of sulfonamides is 1. The number of carbonyl (C=O) groups is 1. The average Bonchev–Trinajstić information content (AvgIpc) is 3.64. The fraction of sp³-hybridized carbons (Fsp3) is 0.433. The number of hydrogen-bond donors (Lipinski definition) is 2. The van der Waals surface area contributed by atoms with Crippen molar-refractivity contribution in [2.45, 2.75) is 51.0 Å². The Kier molecular flexibility index (Phi) is 7.52. The molecule has 0 aliphatic heterocycles. The zero-order valence-electron chi connectivity index (χ0n) is 24.9. The highest BCUT2D eigenvalue weighted by Gasteiger charge is 2.49. The number of benzene rings is 1. The Morgan fingerprint density at radius 3 is 2.45 bits per heavy atom. The molecule has 1 unspecified atom stereocenters. The minimum Gasteiger partial charge on any atom is -0.377 e. The molecule has 6 rings (SSSR count). The summed E-state index contributed by atoms with van der Waals surface area (Å²) >= 11 is 6.04. The number of aromatic nitrogens is 5. The van der Waals surface area contributed by atoms with Crippen LogP contribution in [0.5, 0.6) is 0 Å². The van der Waals surface area contributed by atoms with Gasteiger partial charge in [0.25, 0.3) is 11.5 Å². The van der Waals surface area contributed by atoms with Crippen molar-refractivity contribution in [1.82, 2.24) is 29.0 Å². The topological polar surface area (TPSA) is 141 Å². The summed E-state index contributed by atoms with van der Waals surface area (Å²) in [5.74, 6) is 0.124. The lowest BCUT2D eigenvalue weighted by molar-refractivity contribution is 0.0977. The van der Waals surface area contributed by atoms with Gasteiger partial charge in [-0.25, -0.2) is 27.5 Å². The van der Waals surface area contributed by atoms with E-state index in [-0.39, 0.29) is 51.6 Å². The number of nitrogens with one attached hydrogen (secondary N) is 2. The van der Waals surface area contributed by atoms with E-state index in [1.54, 1.807) is 24.7 Å². The first-order chi connectivity index (χ1) is 20.7. The number of rotatable bonds is 7. The van der Waals surface area contributed by atoms with Crippen molar-refractivity contribution in [3.05, 3.63) is 80.1 Å². The minimum absolute atomic E-state index is 0.0246. The molecule has 0 saturated heterocycles. The molecule has 0 spiro atoms. The van der Waals surface area contributed by atoms with Crippen LogP contribution in [0.2, 0.25) is 5.15 Å². The van der Waals surface area contributed by atoms with Crippen LogP contribution in [0.25, 0.3) is 10.9 Å². The van der Waals surface area contributed by atoms with Gasteiger partial charge in [-0.15, -0.1) is 0 Å². The molecule has 5 atom stereocenters. The summed E-state index contributed by atoms with van der Waals surface area (Å²) in [7, 11) is -0.368. The molecule has 11 nitrogen and oxygen atoms in total. The first-order valence-electron chi connectivity index (χ1n) is 14.4. The smallest absolute Gasteiger partial charge is 0.285 e. The molecule has 2 aliphatic rings. The highest BCUT2D eigenvalue weighted by Crippen LogP contribution is 2.58. The Morgan fingerprint density at radius 2 is 1.82 bits per heavy atom.